The maximum Gasteiger partial charge on any atom is 0.217 e. The minimum atomic E-state index is -0.0410. The fourth-order valence-electron chi connectivity index (χ4n) is 2.85. The lowest BCUT2D eigenvalue weighted by molar-refractivity contribution is -0.119. The molecule has 0 spiro atoms. The summed E-state index contributed by atoms with van der Waals surface area (Å²) in [6.45, 7) is 4.05. The smallest absolute Gasteiger partial charge is 0.217 e. The molecule has 1 amide bonds. The van der Waals surface area contributed by atoms with Gasteiger partial charge in [0, 0.05) is 29.9 Å². The Morgan fingerprint density at radius 2 is 2.19 bits per heavy atom. The molecule has 0 aliphatic carbocycles. The van der Waals surface area contributed by atoms with Crippen LogP contribution in [0.15, 0.2) is 23.6 Å². The molecule has 3 heterocycles. The molecule has 26 heavy (non-hydrogen) atoms. The van der Waals surface area contributed by atoms with E-state index in [1.165, 1.54) is 29.6 Å². The van der Waals surface area contributed by atoms with Crippen molar-refractivity contribution in [2.45, 2.75) is 26.3 Å². The van der Waals surface area contributed by atoms with Crippen LogP contribution in [0.25, 0.3) is 11.3 Å². The van der Waals surface area contributed by atoms with Gasteiger partial charge in [0.05, 0.1) is 18.3 Å². The minimum absolute atomic E-state index is 0.0307. The number of thiazole rings is 1. The van der Waals surface area contributed by atoms with Crippen molar-refractivity contribution in [3.05, 3.63) is 34.2 Å². The van der Waals surface area contributed by atoms with Crippen LogP contribution in [0.3, 0.4) is 0 Å². The van der Waals surface area contributed by atoms with Gasteiger partial charge in [-0.3, -0.25) is 4.79 Å². The predicted molar refractivity (Wildman–Crippen MR) is 102 cm³/mol. The molecular weight excluding hydrogens is 370 g/mol. The lowest BCUT2D eigenvalue weighted by atomic mass is 9.97. The molecule has 2 N–H and O–H groups in total. The van der Waals surface area contributed by atoms with Crippen LogP contribution in [0, 0.1) is 6.92 Å². The molecule has 0 radical (unpaired) electrons. The van der Waals surface area contributed by atoms with E-state index in [1.54, 1.807) is 0 Å². The van der Waals surface area contributed by atoms with E-state index in [1.807, 2.05) is 30.5 Å². The minimum Gasteiger partial charge on any atom is -0.493 e. The van der Waals surface area contributed by atoms with Crippen LogP contribution in [0.4, 0.5) is 10.3 Å². The second-order valence-electron chi connectivity index (χ2n) is 5.93. The molecular formula is C17H17N5O2S2. The number of rotatable bonds is 4. The summed E-state index contributed by atoms with van der Waals surface area (Å²) in [4.78, 5) is 16.1. The highest BCUT2D eigenvalue weighted by molar-refractivity contribution is 7.16. The topological polar surface area (TPSA) is 89.0 Å². The van der Waals surface area contributed by atoms with Gasteiger partial charge in [-0.2, -0.15) is 0 Å². The maximum absolute atomic E-state index is 11.5. The molecule has 1 unspecified atom stereocenters. The highest BCUT2D eigenvalue weighted by Gasteiger charge is 2.23. The lowest BCUT2D eigenvalue weighted by Crippen LogP contribution is -2.30. The van der Waals surface area contributed by atoms with E-state index in [2.05, 4.69) is 25.8 Å². The van der Waals surface area contributed by atoms with Crippen LogP contribution in [-0.4, -0.2) is 27.7 Å². The number of hydrogen-bond donors (Lipinski definition) is 2. The molecule has 0 saturated heterocycles. The first-order chi connectivity index (χ1) is 12.6. The van der Waals surface area contributed by atoms with E-state index < -0.39 is 0 Å². The van der Waals surface area contributed by atoms with E-state index in [0.29, 0.717) is 6.61 Å². The van der Waals surface area contributed by atoms with Crippen LogP contribution in [0.5, 0.6) is 5.75 Å². The predicted octanol–water partition coefficient (Wildman–Crippen LogP) is 3.67. The van der Waals surface area contributed by atoms with Gasteiger partial charge in [-0.25, -0.2) is 4.98 Å². The van der Waals surface area contributed by atoms with Gasteiger partial charge < -0.3 is 15.4 Å². The van der Waals surface area contributed by atoms with Crippen molar-refractivity contribution in [3.63, 3.8) is 0 Å². The monoisotopic (exact) mass is 387 g/mol. The van der Waals surface area contributed by atoms with Crippen LogP contribution in [0.2, 0.25) is 0 Å². The zero-order valence-corrected chi connectivity index (χ0v) is 15.9. The number of carbonyl (C=O) groups excluding carboxylic acids is 1. The van der Waals surface area contributed by atoms with Crippen LogP contribution in [-0.2, 0) is 4.79 Å². The highest BCUT2D eigenvalue weighted by atomic mass is 32.1. The third-order valence-electron chi connectivity index (χ3n) is 3.97. The van der Waals surface area contributed by atoms with Crippen molar-refractivity contribution in [3.8, 4) is 17.0 Å². The van der Waals surface area contributed by atoms with Crippen molar-refractivity contribution in [2.75, 3.05) is 11.9 Å². The Bertz CT molecular complexity index is 952. The standard InChI is InChI=1S/C17H17N5O2S2/c1-9(23)18-13-5-6-24-15-4-3-11(7-12(13)15)14-8-25-16(19-14)20-17-22-21-10(2)26-17/h3-4,7-8,13H,5-6H2,1-2H3,(H,18,23)(H,19,20,22). The number of amides is 1. The third-order valence-corrected chi connectivity index (χ3v) is 5.48. The Morgan fingerprint density at radius 1 is 1.31 bits per heavy atom. The van der Waals surface area contributed by atoms with E-state index in [4.69, 9.17) is 4.74 Å². The Morgan fingerprint density at radius 3 is 2.96 bits per heavy atom. The van der Waals surface area contributed by atoms with E-state index in [9.17, 15) is 4.79 Å². The molecule has 0 fully saturated rings. The number of ether oxygens (including phenoxy) is 1. The first-order valence-corrected chi connectivity index (χ1v) is 9.85. The summed E-state index contributed by atoms with van der Waals surface area (Å²) in [5.74, 6) is 0.775. The van der Waals surface area contributed by atoms with Gasteiger partial charge in [-0.15, -0.1) is 21.5 Å². The van der Waals surface area contributed by atoms with Gasteiger partial charge in [-0.1, -0.05) is 11.3 Å². The summed E-state index contributed by atoms with van der Waals surface area (Å²) in [6, 6.07) is 5.95. The van der Waals surface area contributed by atoms with Crippen LogP contribution < -0.4 is 15.4 Å². The van der Waals surface area contributed by atoms with Crippen molar-refractivity contribution in [2.24, 2.45) is 0 Å². The summed E-state index contributed by atoms with van der Waals surface area (Å²) >= 11 is 3.00. The van der Waals surface area contributed by atoms with Gasteiger partial charge in [0.1, 0.15) is 10.8 Å². The normalized spacial score (nSPS) is 15.8. The number of anilines is 2. The molecule has 9 heteroatoms. The van der Waals surface area contributed by atoms with Gasteiger partial charge >= 0.3 is 0 Å². The van der Waals surface area contributed by atoms with Gasteiger partial charge in [0.2, 0.25) is 11.0 Å². The number of fused-ring (bicyclic) bond motifs is 1. The van der Waals surface area contributed by atoms with Crippen LogP contribution >= 0.6 is 22.7 Å². The Balaban J connectivity index is 1.59. The summed E-state index contributed by atoms with van der Waals surface area (Å²) in [7, 11) is 0. The molecule has 3 aromatic rings. The van der Waals surface area contributed by atoms with Gasteiger partial charge in [0.15, 0.2) is 5.13 Å². The van der Waals surface area contributed by atoms with Gasteiger partial charge in [-0.05, 0) is 25.1 Å². The largest absolute Gasteiger partial charge is 0.493 e. The summed E-state index contributed by atoms with van der Waals surface area (Å²) in [5, 5.41) is 18.6. The fourth-order valence-corrected chi connectivity index (χ4v) is 4.23. The quantitative estimate of drug-likeness (QED) is 0.710. The molecule has 7 nitrogen and oxygen atoms in total. The first kappa shape index (κ1) is 16.9. The second kappa shape index (κ2) is 7.00. The van der Waals surface area contributed by atoms with Crippen molar-refractivity contribution >= 4 is 38.8 Å². The summed E-state index contributed by atoms with van der Waals surface area (Å²) in [6.07, 6.45) is 0.760. The average molecular weight is 387 g/mol. The molecule has 1 aliphatic heterocycles. The maximum atomic E-state index is 11.5. The average Bonchev–Trinajstić information content (AvgIpc) is 3.24. The number of hydrogen-bond acceptors (Lipinski definition) is 8. The van der Waals surface area contributed by atoms with Crippen molar-refractivity contribution < 1.29 is 9.53 Å². The van der Waals surface area contributed by atoms with E-state index in [-0.39, 0.29) is 11.9 Å². The Kier molecular flexibility index (Phi) is 4.56. The van der Waals surface area contributed by atoms with Crippen LogP contribution in [0.1, 0.15) is 30.0 Å². The zero-order valence-electron chi connectivity index (χ0n) is 14.3. The molecule has 0 saturated carbocycles. The molecule has 4 rings (SSSR count). The van der Waals surface area contributed by atoms with Gasteiger partial charge in [0.25, 0.3) is 0 Å². The number of nitrogens with zero attached hydrogens (tertiary/aromatic N) is 3. The Labute approximate surface area is 158 Å². The molecule has 1 atom stereocenters. The van der Waals surface area contributed by atoms with E-state index >= 15 is 0 Å². The number of aromatic nitrogens is 3. The molecule has 1 aromatic carbocycles. The molecule has 0 bridgehead atoms. The number of aryl methyl sites for hydroxylation is 1. The first-order valence-electron chi connectivity index (χ1n) is 8.15. The summed E-state index contributed by atoms with van der Waals surface area (Å²) < 4.78 is 5.72. The lowest BCUT2D eigenvalue weighted by Gasteiger charge is -2.26. The fraction of sp³-hybridized carbons (Fsp3) is 0.294. The third kappa shape index (κ3) is 3.54. The number of carbonyl (C=O) groups is 1. The zero-order chi connectivity index (χ0) is 18.1. The number of nitrogens with one attached hydrogen (secondary N) is 2. The second-order valence-corrected chi connectivity index (χ2v) is 7.97. The van der Waals surface area contributed by atoms with E-state index in [0.717, 1.165) is 44.3 Å². The highest BCUT2D eigenvalue weighted by Crippen LogP contribution is 2.36. The van der Waals surface area contributed by atoms with Crippen molar-refractivity contribution in [1.29, 1.82) is 0 Å². The molecule has 134 valence electrons. The SMILES string of the molecule is CC(=O)NC1CCOc2ccc(-c3csc(Nc4nnc(C)s4)n3)cc21. The molecule has 1 aliphatic rings. The number of benzene rings is 1. The Hall–Kier alpha value is -2.52. The molecule has 2 aromatic heterocycles. The summed E-state index contributed by atoms with van der Waals surface area (Å²) in [5.41, 5.74) is 2.85. The van der Waals surface area contributed by atoms with Crippen molar-refractivity contribution in [1.82, 2.24) is 20.5 Å².